The Bertz CT molecular complexity index is 1320. The number of halogens is 3. The number of rotatable bonds is 5. The van der Waals surface area contributed by atoms with Crippen molar-refractivity contribution in [2.24, 2.45) is 0 Å². The fraction of sp³-hybridized carbons (Fsp3) is 0.0800. The van der Waals surface area contributed by atoms with Crippen LogP contribution in [0.1, 0.15) is 5.56 Å². The van der Waals surface area contributed by atoms with Gasteiger partial charge in [-0.05, 0) is 72.6 Å². The van der Waals surface area contributed by atoms with Gasteiger partial charge in [0.05, 0.1) is 5.25 Å². The summed E-state index contributed by atoms with van der Waals surface area (Å²) in [5.74, 6) is -1.41. The summed E-state index contributed by atoms with van der Waals surface area (Å²) in [4.78, 5) is 27.8. The van der Waals surface area contributed by atoms with Crippen LogP contribution in [-0.4, -0.2) is 17.1 Å². The van der Waals surface area contributed by atoms with Gasteiger partial charge in [0.25, 0.3) is 5.91 Å². The van der Waals surface area contributed by atoms with Gasteiger partial charge in [0.15, 0.2) is 0 Å². The van der Waals surface area contributed by atoms with E-state index in [2.05, 4.69) is 21.2 Å². The number of hydrogen-bond acceptors (Lipinski definition) is 4. The van der Waals surface area contributed by atoms with Gasteiger partial charge in [-0.25, -0.2) is 4.39 Å². The highest BCUT2D eigenvalue weighted by Gasteiger charge is 2.40. The molecule has 3 aromatic carbocycles. The lowest BCUT2D eigenvalue weighted by molar-refractivity contribution is -0.117. The molecule has 3 aromatic rings. The molecular formula is C25H16BrClFN3O2S. The van der Waals surface area contributed by atoms with Gasteiger partial charge in [-0.15, -0.1) is 0 Å². The van der Waals surface area contributed by atoms with Crippen LogP contribution in [0, 0.1) is 17.1 Å². The van der Waals surface area contributed by atoms with E-state index >= 15 is 0 Å². The number of carbonyl (C=O) groups excluding carboxylic acids is 2. The van der Waals surface area contributed by atoms with Crippen molar-refractivity contribution in [3.63, 3.8) is 0 Å². The Morgan fingerprint density at radius 1 is 1.15 bits per heavy atom. The Hall–Kier alpha value is -3.12. The highest BCUT2D eigenvalue weighted by Crippen LogP contribution is 2.42. The minimum Gasteiger partial charge on any atom is -0.321 e. The molecule has 1 aliphatic heterocycles. The molecule has 1 heterocycles. The molecule has 0 spiro atoms. The van der Waals surface area contributed by atoms with E-state index < -0.39 is 17.0 Å². The second kappa shape index (κ2) is 10.4. The largest absolute Gasteiger partial charge is 0.321 e. The molecule has 1 saturated heterocycles. The van der Waals surface area contributed by atoms with Crippen LogP contribution in [0.5, 0.6) is 0 Å². The SMILES string of the molecule is N#C/C(C(=O)Nc1ccc(Br)cc1)=C1/S[C@@H](Cc2cccc(Cl)c2)C(=O)N1c1ccc(F)cc1. The summed E-state index contributed by atoms with van der Waals surface area (Å²) >= 11 is 10.6. The van der Waals surface area contributed by atoms with E-state index in [0.717, 1.165) is 21.8 Å². The van der Waals surface area contributed by atoms with Crippen molar-refractivity contribution in [2.75, 3.05) is 10.2 Å². The van der Waals surface area contributed by atoms with Crippen LogP contribution in [0.25, 0.3) is 0 Å². The highest BCUT2D eigenvalue weighted by molar-refractivity contribution is 9.10. The number of carbonyl (C=O) groups is 2. The third-order valence-electron chi connectivity index (χ3n) is 5.00. The monoisotopic (exact) mass is 555 g/mol. The molecule has 9 heteroatoms. The Kier molecular flexibility index (Phi) is 7.37. The van der Waals surface area contributed by atoms with E-state index in [-0.39, 0.29) is 16.5 Å². The summed E-state index contributed by atoms with van der Waals surface area (Å²) < 4.78 is 14.4. The molecule has 1 atom stereocenters. The molecule has 34 heavy (non-hydrogen) atoms. The molecule has 0 saturated carbocycles. The minimum absolute atomic E-state index is 0.195. The first-order valence-corrected chi connectivity index (χ1v) is 12.1. The average Bonchev–Trinajstić information content (AvgIpc) is 3.12. The fourth-order valence-corrected chi connectivity index (χ4v) is 5.20. The number of thioether (sulfide) groups is 1. The van der Waals surface area contributed by atoms with Crippen LogP contribution in [0.4, 0.5) is 15.8 Å². The average molecular weight is 557 g/mol. The van der Waals surface area contributed by atoms with E-state index in [9.17, 15) is 19.2 Å². The van der Waals surface area contributed by atoms with E-state index in [0.29, 0.717) is 22.8 Å². The molecule has 1 fully saturated rings. The lowest BCUT2D eigenvalue weighted by atomic mass is 10.1. The molecular weight excluding hydrogens is 541 g/mol. The number of hydrogen-bond donors (Lipinski definition) is 1. The smallest absolute Gasteiger partial charge is 0.269 e. The van der Waals surface area contributed by atoms with Crippen LogP contribution in [0.2, 0.25) is 5.02 Å². The number of nitriles is 1. The zero-order chi connectivity index (χ0) is 24.2. The van der Waals surface area contributed by atoms with Crippen molar-refractivity contribution < 1.29 is 14.0 Å². The Morgan fingerprint density at radius 3 is 2.50 bits per heavy atom. The predicted molar refractivity (Wildman–Crippen MR) is 136 cm³/mol. The van der Waals surface area contributed by atoms with Gasteiger partial charge in [-0.1, -0.05) is 51.4 Å². The number of nitrogens with zero attached hydrogens (tertiary/aromatic N) is 2. The molecule has 1 aliphatic rings. The van der Waals surface area contributed by atoms with Crippen molar-refractivity contribution in [1.29, 1.82) is 5.26 Å². The summed E-state index contributed by atoms with van der Waals surface area (Å²) in [6.07, 6.45) is 0.346. The summed E-state index contributed by atoms with van der Waals surface area (Å²) in [6, 6.07) is 21.3. The normalized spacial score (nSPS) is 16.8. The molecule has 5 nitrogen and oxygen atoms in total. The summed E-state index contributed by atoms with van der Waals surface area (Å²) in [7, 11) is 0. The maximum atomic E-state index is 13.5. The van der Waals surface area contributed by atoms with Crippen LogP contribution in [-0.2, 0) is 16.0 Å². The first-order valence-electron chi connectivity index (χ1n) is 10.1. The van der Waals surface area contributed by atoms with Crippen LogP contribution in [0.15, 0.2) is 87.9 Å². The van der Waals surface area contributed by atoms with Gasteiger partial charge in [-0.2, -0.15) is 5.26 Å². The lowest BCUT2D eigenvalue weighted by Gasteiger charge is -2.18. The highest BCUT2D eigenvalue weighted by atomic mass is 79.9. The van der Waals surface area contributed by atoms with E-state index in [1.54, 1.807) is 42.5 Å². The molecule has 2 amide bonds. The summed E-state index contributed by atoms with van der Waals surface area (Å²) in [6.45, 7) is 0. The predicted octanol–water partition coefficient (Wildman–Crippen LogP) is 6.31. The maximum Gasteiger partial charge on any atom is 0.269 e. The fourth-order valence-electron chi connectivity index (χ4n) is 3.42. The molecule has 0 aromatic heterocycles. The first-order chi connectivity index (χ1) is 16.4. The van der Waals surface area contributed by atoms with E-state index in [1.807, 2.05) is 12.1 Å². The molecule has 0 unspecified atom stereocenters. The zero-order valence-corrected chi connectivity index (χ0v) is 20.6. The van der Waals surface area contributed by atoms with Crippen LogP contribution < -0.4 is 10.2 Å². The third-order valence-corrected chi connectivity index (χ3v) is 7.03. The summed E-state index contributed by atoms with van der Waals surface area (Å²) in [5, 5.41) is 12.7. The third kappa shape index (κ3) is 5.33. The van der Waals surface area contributed by atoms with Gasteiger partial charge < -0.3 is 5.32 Å². The number of amides is 2. The number of anilines is 2. The molecule has 1 N–H and O–H groups in total. The molecule has 0 bridgehead atoms. The quantitative estimate of drug-likeness (QED) is 0.295. The van der Waals surface area contributed by atoms with Gasteiger partial charge in [0, 0.05) is 20.9 Å². The molecule has 0 radical (unpaired) electrons. The van der Waals surface area contributed by atoms with Crippen molar-refractivity contribution in [3.05, 3.63) is 104 Å². The first kappa shape index (κ1) is 24.0. The molecule has 170 valence electrons. The van der Waals surface area contributed by atoms with E-state index in [4.69, 9.17) is 11.6 Å². The molecule has 4 rings (SSSR count). The summed E-state index contributed by atoms with van der Waals surface area (Å²) in [5.41, 5.74) is 1.50. The second-order valence-electron chi connectivity index (χ2n) is 7.34. The van der Waals surface area contributed by atoms with Crippen molar-refractivity contribution in [1.82, 2.24) is 0 Å². The number of nitrogens with one attached hydrogen (secondary N) is 1. The Labute approximate surface area is 213 Å². The molecule has 0 aliphatic carbocycles. The topological polar surface area (TPSA) is 73.2 Å². The van der Waals surface area contributed by atoms with Gasteiger partial charge in [0.1, 0.15) is 22.5 Å². The number of benzene rings is 3. The zero-order valence-electron chi connectivity index (χ0n) is 17.5. The van der Waals surface area contributed by atoms with E-state index in [1.165, 1.54) is 29.2 Å². The Balaban J connectivity index is 1.72. The second-order valence-corrected chi connectivity index (χ2v) is 9.89. The van der Waals surface area contributed by atoms with Crippen LogP contribution in [0.3, 0.4) is 0 Å². The van der Waals surface area contributed by atoms with Gasteiger partial charge in [-0.3, -0.25) is 14.5 Å². The van der Waals surface area contributed by atoms with Crippen LogP contribution >= 0.6 is 39.3 Å². The van der Waals surface area contributed by atoms with Gasteiger partial charge in [0.2, 0.25) is 5.91 Å². The standard InChI is InChI=1S/C25H16BrClFN3O2S/c26-16-4-8-19(9-5-16)30-23(32)21(14-29)25-31(20-10-6-18(28)7-11-20)24(33)22(34-25)13-15-2-1-3-17(27)12-15/h1-12,22H,13H2,(H,30,32)/b25-21-/t22-/m0/s1. The van der Waals surface area contributed by atoms with Crippen molar-refractivity contribution in [3.8, 4) is 6.07 Å². The Morgan fingerprint density at radius 2 is 1.85 bits per heavy atom. The van der Waals surface area contributed by atoms with Crippen molar-refractivity contribution in [2.45, 2.75) is 11.7 Å². The van der Waals surface area contributed by atoms with Gasteiger partial charge >= 0.3 is 0 Å². The minimum atomic E-state index is -0.643. The van der Waals surface area contributed by atoms with Crippen molar-refractivity contribution >= 4 is 62.5 Å². The lowest BCUT2D eigenvalue weighted by Crippen LogP contribution is -2.30. The maximum absolute atomic E-state index is 13.5.